The van der Waals surface area contributed by atoms with Gasteiger partial charge in [-0.25, -0.2) is 4.79 Å². The average molecular weight is 221 g/mol. The number of carbonyl (C=O) groups is 1. The molecular weight excluding hydrogens is 202 g/mol. The SMILES string of the molecule is Cc1cncc(NC(=O)NCC(C)(C)C)c1. The smallest absolute Gasteiger partial charge is 0.319 e. The van der Waals surface area contributed by atoms with Gasteiger partial charge in [-0.05, 0) is 24.0 Å². The van der Waals surface area contributed by atoms with Crippen molar-refractivity contribution in [1.29, 1.82) is 0 Å². The number of aromatic nitrogens is 1. The van der Waals surface area contributed by atoms with Crippen molar-refractivity contribution in [2.24, 2.45) is 5.41 Å². The topological polar surface area (TPSA) is 54.0 Å². The summed E-state index contributed by atoms with van der Waals surface area (Å²) in [6, 6.07) is 1.69. The highest BCUT2D eigenvalue weighted by molar-refractivity contribution is 5.89. The zero-order valence-electron chi connectivity index (χ0n) is 10.3. The third-order valence-electron chi connectivity index (χ3n) is 1.91. The first-order chi connectivity index (χ1) is 7.37. The highest BCUT2D eigenvalue weighted by Crippen LogP contribution is 2.11. The Balaban J connectivity index is 2.46. The van der Waals surface area contributed by atoms with Crippen molar-refractivity contribution in [3.05, 3.63) is 24.0 Å². The molecule has 0 aliphatic rings. The standard InChI is InChI=1S/C12H19N3O/c1-9-5-10(7-13-6-9)15-11(16)14-8-12(2,3)4/h5-7H,8H2,1-4H3,(H2,14,15,16). The molecule has 4 heteroatoms. The first kappa shape index (κ1) is 12.5. The number of hydrogen-bond donors (Lipinski definition) is 2. The molecular formula is C12H19N3O. The molecule has 1 aromatic heterocycles. The second kappa shape index (κ2) is 4.96. The van der Waals surface area contributed by atoms with E-state index in [1.165, 1.54) is 0 Å². The van der Waals surface area contributed by atoms with E-state index in [0.717, 1.165) is 5.56 Å². The molecule has 0 fully saturated rings. The van der Waals surface area contributed by atoms with Gasteiger partial charge in [0.05, 0.1) is 11.9 Å². The molecule has 0 aromatic carbocycles. The first-order valence-electron chi connectivity index (χ1n) is 5.33. The summed E-state index contributed by atoms with van der Waals surface area (Å²) in [5.41, 5.74) is 1.82. The molecule has 1 aromatic rings. The Labute approximate surface area is 96.5 Å². The lowest BCUT2D eigenvalue weighted by Crippen LogP contribution is -2.35. The van der Waals surface area contributed by atoms with Crippen molar-refractivity contribution in [2.45, 2.75) is 27.7 Å². The van der Waals surface area contributed by atoms with Crippen LogP contribution in [0.5, 0.6) is 0 Å². The molecule has 4 nitrogen and oxygen atoms in total. The van der Waals surface area contributed by atoms with E-state index in [1.807, 2.05) is 13.0 Å². The molecule has 1 rings (SSSR count). The fourth-order valence-electron chi connectivity index (χ4n) is 1.14. The summed E-state index contributed by atoms with van der Waals surface area (Å²) in [7, 11) is 0. The number of pyridine rings is 1. The maximum atomic E-state index is 11.5. The van der Waals surface area contributed by atoms with Crippen LogP contribution in [0.1, 0.15) is 26.3 Å². The fourth-order valence-corrected chi connectivity index (χ4v) is 1.14. The van der Waals surface area contributed by atoms with Gasteiger partial charge < -0.3 is 10.6 Å². The molecule has 2 N–H and O–H groups in total. The van der Waals surface area contributed by atoms with E-state index >= 15 is 0 Å². The molecule has 2 amide bonds. The first-order valence-corrected chi connectivity index (χ1v) is 5.33. The summed E-state index contributed by atoms with van der Waals surface area (Å²) in [4.78, 5) is 15.5. The number of rotatable bonds is 2. The lowest BCUT2D eigenvalue weighted by molar-refractivity contribution is 0.247. The Morgan fingerprint density at radius 3 is 2.62 bits per heavy atom. The Morgan fingerprint density at radius 1 is 1.38 bits per heavy atom. The molecule has 0 atom stereocenters. The molecule has 1 heterocycles. The number of aryl methyl sites for hydroxylation is 1. The van der Waals surface area contributed by atoms with Crippen LogP contribution in [0.25, 0.3) is 0 Å². The van der Waals surface area contributed by atoms with Gasteiger partial charge in [0, 0.05) is 12.7 Å². The predicted octanol–water partition coefficient (Wildman–Crippen LogP) is 2.56. The Bertz CT molecular complexity index is 369. The minimum absolute atomic E-state index is 0.0855. The largest absolute Gasteiger partial charge is 0.337 e. The lowest BCUT2D eigenvalue weighted by Gasteiger charge is -2.18. The number of anilines is 1. The zero-order valence-corrected chi connectivity index (χ0v) is 10.3. The van der Waals surface area contributed by atoms with Crippen LogP contribution in [0.2, 0.25) is 0 Å². The molecule has 0 saturated heterocycles. The number of hydrogen-bond acceptors (Lipinski definition) is 2. The van der Waals surface area contributed by atoms with Gasteiger partial charge in [0.2, 0.25) is 0 Å². The predicted molar refractivity (Wildman–Crippen MR) is 65.5 cm³/mol. The van der Waals surface area contributed by atoms with Gasteiger partial charge in [-0.3, -0.25) is 4.98 Å². The molecule has 0 aliphatic carbocycles. The van der Waals surface area contributed by atoms with Gasteiger partial charge >= 0.3 is 6.03 Å². The average Bonchev–Trinajstić information content (AvgIpc) is 2.14. The van der Waals surface area contributed by atoms with Crippen molar-refractivity contribution in [3.8, 4) is 0 Å². The number of carbonyl (C=O) groups excluding carboxylic acids is 1. The van der Waals surface area contributed by atoms with Gasteiger partial charge in [-0.1, -0.05) is 20.8 Å². The van der Waals surface area contributed by atoms with E-state index in [1.54, 1.807) is 12.4 Å². The van der Waals surface area contributed by atoms with E-state index < -0.39 is 0 Å². The summed E-state index contributed by atoms with van der Waals surface area (Å²) in [5.74, 6) is 0. The number of amides is 2. The van der Waals surface area contributed by atoms with Crippen LogP contribution in [-0.2, 0) is 0 Å². The molecule has 0 radical (unpaired) electrons. The maximum Gasteiger partial charge on any atom is 0.319 e. The Morgan fingerprint density at radius 2 is 2.06 bits per heavy atom. The van der Waals surface area contributed by atoms with E-state index in [0.29, 0.717) is 12.2 Å². The van der Waals surface area contributed by atoms with Gasteiger partial charge in [0.25, 0.3) is 0 Å². The third-order valence-corrected chi connectivity index (χ3v) is 1.91. The van der Waals surface area contributed by atoms with Crippen LogP contribution in [0.4, 0.5) is 10.5 Å². The van der Waals surface area contributed by atoms with E-state index in [9.17, 15) is 4.79 Å². The summed E-state index contributed by atoms with van der Waals surface area (Å²) in [6.45, 7) is 8.79. The molecule has 0 aliphatic heterocycles. The van der Waals surface area contributed by atoms with Crippen molar-refractivity contribution in [2.75, 3.05) is 11.9 Å². The highest BCUT2D eigenvalue weighted by atomic mass is 16.2. The molecule has 0 spiro atoms. The number of nitrogens with one attached hydrogen (secondary N) is 2. The van der Waals surface area contributed by atoms with Crippen LogP contribution in [0.3, 0.4) is 0 Å². The normalized spacial score (nSPS) is 11.0. The number of urea groups is 1. The van der Waals surface area contributed by atoms with Gasteiger partial charge in [-0.15, -0.1) is 0 Å². The van der Waals surface area contributed by atoms with Crippen molar-refractivity contribution in [3.63, 3.8) is 0 Å². The Hall–Kier alpha value is -1.58. The molecule has 88 valence electrons. The minimum atomic E-state index is -0.192. The van der Waals surface area contributed by atoms with E-state index in [4.69, 9.17) is 0 Å². The minimum Gasteiger partial charge on any atom is -0.337 e. The molecule has 0 saturated carbocycles. The highest BCUT2D eigenvalue weighted by Gasteiger charge is 2.11. The quantitative estimate of drug-likeness (QED) is 0.806. The second-order valence-corrected chi connectivity index (χ2v) is 5.12. The molecule has 16 heavy (non-hydrogen) atoms. The van der Waals surface area contributed by atoms with Crippen LogP contribution in [0, 0.1) is 12.3 Å². The van der Waals surface area contributed by atoms with E-state index in [2.05, 4.69) is 36.4 Å². The second-order valence-electron chi connectivity index (χ2n) is 5.12. The van der Waals surface area contributed by atoms with Crippen molar-refractivity contribution in [1.82, 2.24) is 10.3 Å². The van der Waals surface area contributed by atoms with Crippen LogP contribution < -0.4 is 10.6 Å². The van der Waals surface area contributed by atoms with Crippen LogP contribution in [-0.4, -0.2) is 17.6 Å². The van der Waals surface area contributed by atoms with Gasteiger partial charge in [0.1, 0.15) is 0 Å². The molecule has 0 unspecified atom stereocenters. The zero-order chi connectivity index (χ0) is 12.2. The maximum absolute atomic E-state index is 11.5. The summed E-state index contributed by atoms with van der Waals surface area (Å²) in [6.07, 6.45) is 3.38. The van der Waals surface area contributed by atoms with Crippen LogP contribution >= 0.6 is 0 Å². The fraction of sp³-hybridized carbons (Fsp3) is 0.500. The summed E-state index contributed by atoms with van der Waals surface area (Å²) >= 11 is 0. The van der Waals surface area contributed by atoms with Gasteiger partial charge in [-0.2, -0.15) is 0 Å². The number of nitrogens with zero attached hydrogens (tertiary/aromatic N) is 1. The Kier molecular flexibility index (Phi) is 3.88. The van der Waals surface area contributed by atoms with Gasteiger partial charge in [0.15, 0.2) is 0 Å². The van der Waals surface area contributed by atoms with Crippen molar-refractivity contribution >= 4 is 11.7 Å². The lowest BCUT2D eigenvalue weighted by atomic mass is 9.97. The van der Waals surface area contributed by atoms with E-state index in [-0.39, 0.29) is 11.4 Å². The van der Waals surface area contributed by atoms with Crippen molar-refractivity contribution < 1.29 is 4.79 Å². The molecule has 0 bridgehead atoms. The monoisotopic (exact) mass is 221 g/mol. The summed E-state index contributed by atoms with van der Waals surface area (Å²) in [5, 5.41) is 5.56. The summed E-state index contributed by atoms with van der Waals surface area (Å²) < 4.78 is 0. The van der Waals surface area contributed by atoms with Crippen LogP contribution in [0.15, 0.2) is 18.5 Å². The third kappa shape index (κ3) is 4.77.